The lowest BCUT2D eigenvalue weighted by molar-refractivity contribution is 0.172. The molecule has 1 atom stereocenters. The molecule has 1 fully saturated rings. The maximum absolute atomic E-state index is 6.41. The highest BCUT2D eigenvalue weighted by Gasteiger charge is 2.27. The van der Waals surface area contributed by atoms with E-state index in [9.17, 15) is 0 Å². The molecule has 1 heterocycles. The predicted molar refractivity (Wildman–Crippen MR) is 66.1 cm³/mol. The highest BCUT2D eigenvalue weighted by atomic mass is 16.7. The van der Waals surface area contributed by atoms with E-state index in [0.29, 0.717) is 12.7 Å². The Balaban J connectivity index is 1.85. The highest BCUT2D eigenvalue weighted by molar-refractivity contribution is 5.49. The van der Waals surface area contributed by atoms with E-state index in [2.05, 4.69) is 6.07 Å². The summed E-state index contributed by atoms with van der Waals surface area (Å²) in [5, 5.41) is 0. The van der Waals surface area contributed by atoms with Gasteiger partial charge in [-0.2, -0.15) is 0 Å². The van der Waals surface area contributed by atoms with Crippen LogP contribution in [0.25, 0.3) is 0 Å². The van der Waals surface area contributed by atoms with Crippen molar-refractivity contribution in [1.29, 1.82) is 0 Å². The largest absolute Gasteiger partial charge is 0.454 e. The van der Waals surface area contributed by atoms with Crippen LogP contribution in [0.4, 0.5) is 0 Å². The van der Waals surface area contributed by atoms with Crippen LogP contribution in [0.5, 0.6) is 11.5 Å². The minimum absolute atomic E-state index is 0.0898. The number of hydrogen-bond acceptors (Lipinski definition) is 3. The van der Waals surface area contributed by atoms with E-state index in [0.717, 1.165) is 17.1 Å². The van der Waals surface area contributed by atoms with Crippen molar-refractivity contribution in [3.63, 3.8) is 0 Å². The monoisotopic (exact) mass is 233 g/mol. The number of nitrogens with two attached hydrogens (primary N) is 1. The van der Waals surface area contributed by atoms with Gasteiger partial charge in [0.05, 0.1) is 0 Å². The predicted octanol–water partition coefficient (Wildman–Crippen LogP) is 3.00. The van der Waals surface area contributed by atoms with E-state index in [1.807, 2.05) is 12.1 Å². The maximum Gasteiger partial charge on any atom is 0.231 e. The van der Waals surface area contributed by atoms with Crippen LogP contribution >= 0.6 is 0 Å². The summed E-state index contributed by atoms with van der Waals surface area (Å²) in [6.45, 7) is 0.323. The van der Waals surface area contributed by atoms with Crippen LogP contribution in [-0.2, 0) is 0 Å². The second-order valence-electron chi connectivity index (χ2n) is 5.00. The smallest absolute Gasteiger partial charge is 0.231 e. The first kappa shape index (κ1) is 10.9. The minimum atomic E-state index is 0.0898. The standard InChI is InChI=1S/C14H19NO2/c15-13(10-5-2-1-3-6-10)11-7-4-8-12-14(11)17-9-16-12/h4,7-8,10,13H,1-3,5-6,9,15H2/t13-/m1/s1. The van der Waals surface area contributed by atoms with Crippen LogP contribution in [0.3, 0.4) is 0 Å². The van der Waals surface area contributed by atoms with Gasteiger partial charge in [0.1, 0.15) is 0 Å². The number of para-hydroxylation sites is 1. The van der Waals surface area contributed by atoms with Crippen molar-refractivity contribution in [2.45, 2.75) is 38.1 Å². The van der Waals surface area contributed by atoms with Crippen LogP contribution < -0.4 is 15.2 Å². The van der Waals surface area contributed by atoms with E-state index in [-0.39, 0.29) is 6.04 Å². The van der Waals surface area contributed by atoms with Crippen molar-refractivity contribution in [3.8, 4) is 11.5 Å². The number of benzene rings is 1. The third kappa shape index (κ3) is 2.00. The lowest BCUT2D eigenvalue weighted by atomic mass is 9.81. The molecule has 2 N–H and O–H groups in total. The average molecular weight is 233 g/mol. The van der Waals surface area contributed by atoms with Crippen molar-refractivity contribution in [1.82, 2.24) is 0 Å². The molecule has 0 saturated heterocycles. The molecule has 17 heavy (non-hydrogen) atoms. The maximum atomic E-state index is 6.41. The molecule has 3 nitrogen and oxygen atoms in total. The molecular formula is C14H19NO2. The van der Waals surface area contributed by atoms with Crippen molar-refractivity contribution in [2.75, 3.05) is 6.79 Å². The van der Waals surface area contributed by atoms with Gasteiger partial charge < -0.3 is 15.2 Å². The summed E-state index contributed by atoms with van der Waals surface area (Å²) in [4.78, 5) is 0. The van der Waals surface area contributed by atoms with Crippen molar-refractivity contribution < 1.29 is 9.47 Å². The van der Waals surface area contributed by atoms with Crippen LogP contribution in [0, 0.1) is 5.92 Å². The van der Waals surface area contributed by atoms with Gasteiger partial charge in [0.15, 0.2) is 11.5 Å². The Morgan fingerprint density at radius 3 is 2.76 bits per heavy atom. The third-order valence-corrected chi connectivity index (χ3v) is 3.94. The molecule has 1 aromatic rings. The van der Waals surface area contributed by atoms with E-state index in [1.54, 1.807) is 0 Å². The fourth-order valence-corrected chi connectivity index (χ4v) is 2.96. The minimum Gasteiger partial charge on any atom is -0.454 e. The molecule has 1 aliphatic heterocycles. The Morgan fingerprint density at radius 1 is 1.12 bits per heavy atom. The molecule has 0 aromatic heterocycles. The molecule has 92 valence electrons. The summed E-state index contributed by atoms with van der Waals surface area (Å²) in [7, 11) is 0. The first-order valence-electron chi connectivity index (χ1n) is 6.50. The Morgan fingerprint density at radius 2 is 1.94 bits per heavy atom. The van der Waals surface area contributed by atoms with Crippen molar-refractivity contribution >= 4 is 0 Å². The van der Waals surface area contributed by atoms with Gasteiger partial charge in [-0.3, -0.25) is 0 Å². The number of hydrogen-bond donors (Lipinski definition) is 1. The van der Waals surface area contributed by atoms with Gasteiger partial charge in [-0.1, -0.05) is 31.4 Å². The molecular weight excluding hydrogens is 214 g/mol. The lowest BCUT2D eigenvalue weighted by Crippen LogP contribution is -2.23. The first-order valence-corrected chi connectivity index (χ1v) is 6.50. The average Bonchev–Trinajstić information content (AvgIpc) is 2.87. The van der Waals surface area contributed by atoms with Crippen molar-refractivity contribution in [2.24, 2.45) is 11.7 Å². The van der Waals surface area contributed by atoms with Gasteiger partial charge in [-0.05, 0) is 24.8 Å². The Labute approximate surface area is 102 Å². The SMILES string of the molecule is N[C@@H](c1cccc2c1OCO2)C1CCCCC1. The molecule has 3 rings (SSSR count). The molecule has 0 amide bonds. The molecule has 2 aliphatic rings. The van der Waals surface area contributed by atoms with E-state index >= 15 is 0 Å². The van der Waals surface area contributed by atoms with Crippen LogP contribution in [0.15, 0.2) is 18.2 Å². The fraction of sp³-hybridized carbons (Fsp3) is 0.571. The molecule has 0 unspecified atom stereocenters. The Kier molecular flexibility index (Phi) is 2.93. The molecule has 0 spiro atoms. The lowest BCUT2D eigenvalue weighted by Gasteiger charge is -2.28. The van der Waals surface area contributed by atoms with Gasteiger partial charge in [-0.25, -0.2) is 0 Å². The van der Waals surface area contributed by atoms with Crippen LogP contribution in [-0.4, -0.2) is 6.79 Å². The van der Waals surface area contributed by atoms with E-state index < -0.39 is 0 Å². The summed E-state index contributed by atoms with van der Waals surface area (Å²) in [5.74, 6) is 2.30. The molecule has 3 heteroatoms. The first-order chi connectivity index (χ1) is 8.36. The second-order valence-corrected chi connectivity index (χ2v) is 5.00. The normalized spacial score (nSPS) is 21.5. The highest BCUT2D eigenvalue weighted by Crippen LogP contribution is 2.42. The van der Waals surface area contributed by atoms with Gasteiger partial charge in [0.25, 0.3) is 0 Å². The van der Waals surface area contributed by atoms with E-state index in [1.165, 1.54) is 32.1 Å². The number of fused-ring (bicyclic) bond motifs is 1. The summed E-state index contributed by atoms with van der Waals surface area (Å²) in [6, 6.07) is 6.12. The summed E-state index contributed by atoms with van der Waals surface area (Å²) >= 11 is 0. The summed E-state index contributed by atoms with van der Waals surface area (Å²) in [6.07, 6.45) is 6.46. The molecule has 1 saturated carbocycles. The van der Waals surface area contributed by atoms with Crippen LogP contribution in [0.1, 0.15) is 43.7 Å². The number of ether oxygens (including phenoxy) is 2. The van der Waals surface area contributed by atoms with Crippen molar-refractivity contribution in [3.05, 3.63) is 23.8 Å². The van der Waals surface area contributed by atoms with Gasteiger partial charge >= 0.3 is 0 Å². The van der Waals surface area contributed by atoms with Gasteiger partial charge in [-0.15, -0.1) is 0 Å². The Hall–Kier alpha value is -1.22. The Bertz CT molecular complexity index is 399. The second kappa shape index (κ2) is 4.57. The molecule has 0 bridgehead atoms. The zero-order chi connectivity index (χ0) is 11.7. The molecule has 1 aromatic carbocycles. The summed E-state index contributed by atoms with van der Waals surface area (Å²) < 4.78 is 10.9. The van der Waals surface area contributed by atoms with Crippen LogP contribution in [0.2, 0.25) is 0 Å². The zero-order valence-electron chi connectivity index (χ0n) is 10.0. The van der Waals surface area contributed by atoms with Gasteiger partial charge in [0.2, 0.25) is 6.79 Å². The summed E-state index contributed by atoms with van der Waals surface area (Å²) in [5.41, 5.74) is 7.52. The fourth-order valence-electron chi connectivity index (χ4n) is 2.96. The zero-order valence-corrected chi connectivity index (χ0v) is 10.0. The molecule has 1 aliphatic carbocycles. The topological polar surface area (TPSA) is 44.5 Å². The third-order valence-electron chi connectivity index (χ3n) is 3.94. The van der Waals surface area contributed by atoms with Gasteiger partial charge in [0, 0.05) is 11.6 Å². The number of rotatable bonds is 2. The van der Waals surface area contributed by atoms with E-state index in [4.69, 9.17) is 15.2 Å². The quantitative estimate of drug-likeness (QED) is 0.854. The molecule has 0 radical (unpaired) electrons.